The fraction of sp³-hybridized carbons (Fsp3) is 0.333. The number of nitro groups is 1. The van der Waals surface area contributed by atoms with E-state index in [0.717, 1.165) is 36.6 Å². The van der Waals surface area contributed by atoms with Crippen molar-refractivity contribution in [2.45, 2.75) is 12.6 Å². The van der Waals surface area contributed by atoms with Crippen LogP contribution in [0.2, 0.25) is 0 Å². The van der Waals surface area contributed by atoms with Crippen LogP contribution in [0.15, 0.2) is 40.8 Å². The Balaban J connectivity index is 1.82. The van der Waals surface area contributed by atoms with Crippen molar-refractivity contribution < 1.29 is 9.34 Å². The van der Waals surface area contributed by atoms with Crippen molar-refractivity contribution in [1.29, 1.82) is 0 Å². The second-order valence-corrected chi connectivity index (χ2v) is 5.20. The fourth-order valence-electron chi connectivity index (χ4n) is 2.57. The molecule has 0 unspecified atom stereocenters. The van der Waals surface area contributed by atoms with Gasteiger partial charge in [0.25, 0.3) is 5.69 Å². The lowest BCUT2D eigenvalue weighted by atomic mass is 10.1. The molecular weight excluding hydrogens is 270 g/mol. The minimum Gasteiger partial charge on any atom is -0.458 e. The average molecular weight is 287 g/mol. The lowest BCUT2D eigenvalue weighted by molar-refractivity contribution is -0.384. The van der Waals surface area contributed by atoms with Gasteiger partial charge in [-0.1, -0.05) is 0 Å². The van der Waals surface area contributed by atoms with Gasteiger partial charge in [-0.2, -0.15) is 0 Å². The Hall–Kier alpha value is -2.18. The quantitative estimate of drug-likeness (QED) is 0.694. The van der Waals surface area contributed by atoms with E-state index in [4.69, 9.17) is 4.42 Å². The van der Waals surface area contributed by atoms with E-state index in [2.05, 4.69) is 17.3 Å². The maximum Gasteiger partial charge on any atom is 0.269 e. The Morgan fingerprint density at radius 1 is 1.29 bits per heavy atom. The van der Waals surface area contributed by atoms with Gasteiger partial charge in [-0.25, -0.2) is 0 Å². The van der Waals surface area contributed by atoms with Crippen molar-refractivity contribution in [2.75, 3.05) is 20.1 Å². The van der Waals surface area contributed by atoms with Gasteiger partial charge < -0.3 is 4.42 Å². The summed E-state index contributed by atoms with van der Waals surface area (Å²) in [4.78, 5) is 12.5. The molecule has 0 amide bonds. The minimum atomic E-state index is -0.405. The first-order valence-corrected chi connectivity index (χ1v) is 6.93. The maximum atomic E-state index is 10.7. The number of furan rings is 1. The zero-order valence-corrected chi connectivity index (χ0v) is 11.8. The van der Waals surface area contributed by atoms with Crippen LogP contribution in [-0.4, -0.2) is 30.0 Å². The molecule has 0 bridgehead atoms. The molecular formula is C15H17N3O3. The van der Waals surface area contributed by atoms with Crippen molar-refractivity contribution in [3.8, 4) is 11.3 Å². The Labute approximate surface area is 122 Å². The van der Waals surface area contributed by atoms with Gasteiger partial charge in [0.05, 0.1) is 4.92 Å². The van der Waals surface area contributed by atoms with Gasteiger partial charge in [-0.3, -0.25) is 20.3 Å². The first-order valence-electron chi connectivity index (χ1n) is 6.93. The molecule has 0 spiro atoms. The zero-order valence-electron chi connectivity index (χ0n) is 11.8. The van der Waals surface area contributed by atoms with Gasteiger partial charge in [-0.15, -0.1) is 0 Å². The molecule has 3 rings (SSSR count). The van der Waals surface area contributed by atoms with E-state index in [1.165, 1.54) is 12.1 Å². The lowest BCUT2D eigenvalue weighted by Gasteiger charge is -2.31. The molecule has 1 aliphatic rings. The third-order valence-electron chi connectivity index (χ3n) is 3.72. The summed E-state index contributed by atoms with van der Waals surface area (Å²) < 4.78 is 5.91. The largest absolute Gasteiger partial charge is 0.458 e. The van der Waals surface area contributed by atoms with Crippen molar-refractivity contribution in [2.24, 2.45) is 0 Å². The average Bonchev–Trinajstić information content (AvgIpc) is 2.97. The van der Waals surface area contributed by atoms with Crippen molar-refractivity contribution in [1.82, 2.24) is 10.2 Å². The number of hydrogen-bond donors (Lipinski definition) is 1. The first-order chi connectivity index (χ1) is 10.1. The topological polar surface area (TPSA) is 71.5 Å². The van der Waals surface area contributed by atoms with E-state index < -0.39 is 4.92 Å². The number of nitrogens with one attached hydrogen (secondary N) is 1. The smallest absolute Gasteiger partial charge is 0.269 e. The van der Waals surface area contributed by atoms with Crippen LogP contribution in [0.1, 0.15) is 18.3 Å². The molecule has 6 nitrogen and oxygen atoms in total. The van der Waals surface area contributed by atoms with Gasteiger partial charge in [0.1, 0.15) is 17.7 Å². The summed E-state index contributed by atoms with van der Waals surface area (Å²) in [5.41, 5.74) is 0.921. The van der Waals surface area contributed by atoms with Gasteiger partial charge in [0.15, 0.2) is 0 Å². The molecule has 1 atom stereocenters. The molecule has 1 N–H and O–H groups in total. The Kier molecular flexibility index (Phi) is 3.72. The number of hydrogen-bond acceptors (Lipinski definition) is 5. The van der Waals surface area contributed by atoms with Crippen molar-refractivity contribution in [3.05, 3.63) is 52.3 Å². The number of benzene rings is 1. The van der Waals surface area contributed by atoms with Gasteiger partial charge in [-0.05, 0) is 44.3 Å². The third kappa shape index (κ3) is 2.81. The Morgan fingerprint density at radius 3 is 2.71 bits per heavy atom. The van der Waals surface area contributed by atoms with E-state index in [0.29, 0.717) is 0 Å². The number of non-ortho nitro benzene ring substituents is 1. The van der Waals surface area contributed by atoms with Crippen molar-refractivity contribution >= 4 is 5.69 Å². The number of nitro benzene ring substituents is 1. The lowest BCUT2D eigenvalue weighted by Crippen LogP contribution is -2.42. The predicted molar refractivity (Wildman–Crippen MR) is 78.8 cm³/mol. The van der Waals surface area contributed by atoms with Crippen LogP contribution in [0, 0.1) is 10.1 Å². The van der Waals surface area contributed by atoms with Crippen LogP contribution >= 0.6 is 0 Å². The highest BCUT2D eigenvalue weighted by atomic mass is 16.6. The van der Waals surface area contributed by atoms with E-state index in [1.54, 1.807) is 12.1 Å². The number of rotatable bonds is 3. The highest BCUT2D eigenvalue weighted by Gasteiger charge is 2.23. The molecule has 0 radical (unpaired) electrons. The molecule has 1 aromatic heterocycles. The SMILES string of the molecule is CN1CCCN[C@H]1c1ccc(-c2ccc([N+](=O)[O-])cc2)o1. The predicted octanol–water partition coefficient (Wildman–Crippen LogP) is 2.78. The molecule has 0 aliphatic carbocycles. The molecule has 1 saturated heterocycles. The summed E-state index contributed by atoms with van der Waals surface area (Å²) in [6.45, 7) is 2.01. The summed E-state index contributed by atoms with van der Waals surface area (Å²) in [6, 6.07) is 10.2. The normalized spacial score (nSPS) is 19.6. The Bertz CT molecular complexity index is 636. The van der Waals surface area contributed by atoms with E-state index >= 15 is 0 Å². The first kappa shape index (κ1) is 13.8. The molecule has 6 heteroatoms. The van der Waals surface area contributed by atoms with Crippen LogP contribution in [-0.2, 0) is 0 Å². The zero-order chi connectivity index (χ0) is 14.8. The molecule has 21 heavy (non-hydrogen) atoms. The van der Waals surface area contributed by atoms with Crippen LogP contribution in [0.4, 0.5) is 5.69 Å². The highest BCUT2D eigenvalue weighted by molar-refractivity contribution is 5.59. The van der Waals surface area contributed by atoms with E-state index in [1.807, 2.05) is 12.1 Å². The molecule has 1 fully saturated rings. The molecule has 2 aromatic rings. The second kappa shape index (κ2) is 5.67. The summed E-state index contributed by atoms with van der Waals surface area (Å²) in [6.07, 6.45) is 1.22. The summed E-state index contributed by atoms with van der Waals surface area (Å²) >= 11 is 0. The standard InChI is InChI=1S/C15H17N3O3/c1-17-10-2-9-16-15(17)14-8-7-13(21-14)11-3-5-12(6-4-11)18(19)20/h3-8,15-16H,2,9-10H2,1H3/t15-/m1/s1. The van der Waals surface area contributed by atoms with Crippen LogP contribution in [0.5, 0.6) is 0 Å². The number of nitrogens with zero attached hydrogens (tertiary/aromatic N) is 2. The highest BCUT2D eigenvalue weighted by Crippen LogP contribution is 2.28. The summed E-state index contributed by atoms with van der Waals surface area (Å²) in [5.74, 6) is 1.59. The van der Waals surface area contributed by atoms with E-state index in [-0.39, 0.29) is 11.9 Å². The molecule has 110 valence electrons. The van der Waals surface area contributed by atoms with Gasteiger partial charge in [0, 0.05) is 24.2 Å². The molecule has 1 aliphatic heterocycles. The third-order valence-corrected chi connectivity index (χ3v) is 3.72. The van der Waals surface area contributed by atoms with Gasteiger partial charge >= 0.3 is 0 Å². The minimum absolute atomic E-state index is 0.0826. The second-order valence-electron chi connectivity index (χ2n) is 5.20. The summed E-state index contributed by atoms with van der Waals surface area (Å²) in [7, 11) is 2.06. The van der Waals surface area contributed by atoms with Crippen LogP contribution in [0.25, 0.3) is 11.3 Å². The molecule has 0 saturated carbocycles. The van der Waals surface area contributed by atoms with Crippen molar-refractivity contribution in [3.63, 3.8) is 0 Å². The molecule has 1 aromatic carbocycles. The van der Waals surface area contributed by atoms with Crippen LogP contribution in [0.3, 0.4) is 0 Å². The maximum absolute atomic E-state index is 10.7. The Morgan fingerprint density at radius 2 is 2.05 bits per heavy atom. The summed E-state index contributed by atoms with van der Waals surface area (Å²) in [5, 5.41) is 14.1. The van der Waals surface area contributed by atoms with Gasteiger partial charge in [0.2, 0.25) is 0 Å². The van der Waals surface area contributed by atoms with Crippen LogP contribution < -0.4 is 5.32 Å². The monoisotopic (exact) mass is 287 g/mol. The van der Waals surface area contributed by atoms with E-state index in [9.17, 15) is 10.1 Å². The molecule has 2 heterocycles. The fourth-order valence-corrected chi connectivity index (χ4v) is 2.57.